The lowest BCUT2D eigenvalue weighted by Gasteiger charge is -2.24. The molecule has 0 amide bonds. The van der Waals surface area contributed by atoms with E-state index in [0.717, 1.165) is 30.9 Å². The molecular weight excluding hydrogens is 188 g/mol. The Kier molecular flexibility index (Phi) is 4.56. The first-order valence-corrected chi connectivity index (χ1v) is 5.58. The molecule has 1 aromatic heterocycles. The summed E-state index contributed by atoms with van der Waals surface area (Å²) >= 11 is 0. The number of rotatable bonds is 5. The first-order chi connectivity index (χ1) is 7.20. The summed E-state index contributed by atoms with van der Waals surface area (Å²) in [4.78, 5) is 6.55. The van der Waals surface area contributed by atoms with Gasteiger partial charge >= 0.3 is 0 Å². The summed E-state index contributed by atoms with van der Waals surface area (Å²) < 4.78 is 0. The maximum Gasteiger partial charge on any atom is 0.134 e. The highest BCUT2D eigenvalue weighted by Crippen LogP contribution is 2.23. The van der Waals surface area contributed by atoms with Crippen molar-refractivity contribution in [2.45, 2.75) is 33.3 Å². The molecule has 0 unspecified atom stereocenters. The number of hydrogen-bond acceptors (Lipinski definition) is 3. The van der Waals surface area contributed by atoms with Crippen LogP contribution in [0.1, 0.15) is 38.9 Å². The highest BCUT2D eigenvalue weighted by molar-refractivity contribution is 5.47. The van der Waals surface area contributed by atoms with Crippen molar-refractivity contribution >= 4 is 5.82 Å². The third kappa shape index (κ3) is 2.93. The van der Waals surface area contributed by atoms with Gasteiger partial charge in [-0.05, 0) is 26.3 Å². The Bertz CT molecular complexity index is 299. The predicted molar refractivity (Wildman–Crippen MR) is 63.0 cm³/mol. The lowest BCUT2D eigenvalue weighted by atomic mass is 10.1. The van der Waals surface area contributed by atoms with Gasteiger partial charge in [0, 0.05) is 24.8 Å². The Morgan fingerprint density at radius 1 is 1.47 bits per heavy atom. The number of pyridine rings is 1. The van der Waals surface area contributed by atoms with Crippen molar-refractivity contribution in [3.05, 3.63) is 23.9 Å². The number of anilines is 1. The summed E-state index contributed by atoms with van der Waals surface area (Å²) in [6, 6.07) is 3.80. The molecule has 0 aromatic carbocycles. The van der Waals surface area contributed by atoms with E-state index in [1.54, 1.807) is 13.1 Å². The van der Waals surface area contributed by atoms with Crippen molar-refractivity contribution < 1.29 is 5.11 Å². The summed E-state index contributed by atoms with van der Waals surface area (Å²) in [6.07, 6.45) is 2.41. The Balaban J connectivity index is 2.99. The number of aromatic nitrogens is 1. The van der Waals surface area contributed by atoms with Crippen LogP contribution in [0.5, 0.6) is 0 Å². The van der Waals surface area contributed by atoms with Crippen molar-refractivity contribution in [1.29, 1.82) is 0 Å². The van der Waals surface area contributed by atoms with Crippen LogP contribution in [-0.4, -0.2) is 23.2 Å². The quantitative estimate of drug-likeness (QED) is 0.807. The van der Waals surface area contributed by atoms with Gasteiger partial charge in [-0.3, -0.25) is 0 Å². The van der Waals surface area contributed by atoms with E-state index in [-0.39, 0.29) is 0 Å². The molecule has 0 aliphatic heterocycles. The third-order valence-electron chi connectivity index (χ3n) is 2.44. The van der Waals surface area contributed by atoms with Gasteiger partial charge in [0.15, 0.2) is 0 Å². The van der Waals surface area contributed by atoms with Crippen LogP contribution in [0, 0.1) is 0 Å². The van der Waals surface area contributed by atoms with Gasteiger partial charge in [0.1, 0.15) is 5.82 Å². The zero-order valence-corrected chi connectivity index (χ0v) is 9.77. The largest absolute Gasteiger partial charge is 0.389 e. The minimum absolute atomic E-state index is 0.459. The highest BCUT2D eigenvalue weighted by atomic mass is 16.3. The molecule has 0 fully saturated rings. The molecule has 3 nitrogen and oxygen atoms in total. The average molecular weight is 208 g/mol. The van der Waals surface area contributed by atoms with Crippen LogP contribution in [-0.2, 0) is 0 Å². The smallest absolute Gasteiger partial charge is 0.134 e. The van der Waals surface area contributed by atoms with E-state index >= 15 is 0 Å². The fourth-order valence-electron chi connectivity index (χ4n) is 1.68. The monoisotopic (exact) mass is 208 g/mol. The summed E-state index contributed by atoms with van der Waals surface area (Å²) in [5.41, 5.74) is 0.910. The second-order valence-electron chi connectivity index (χ2n) is 3.67. The molecule has 3 heteroatoms. The molecule has 0 saturated carbocycles. The molecule has 84 valence electrons. The van der Waals surface area contributed by atoms with Crippen LogP contribution in [0.15, 0.2) is 18.3 Å². The standard InChI is InChI=1S/C12H20N2O/c1-4-9-14(5-2)12-11(10(3)15)7-6-8-13-12/h6-8,10,15H,4-5,9H2,1-3H3/t10-/m1/s1. The van der Waals surface area contributed by atoms with Crippen LogP contribution >= 0.6 is 0 Å². The minimum Gasteiger partial charge on any atom is -0.389 e. The van der Waals surface area contributed by atoms with Crippen molar-refractivity contribution in [3.8, 4) is 0 Å². The lowest BCUT2D eigenvalue weighted by Crippen LogP contribution is -2.26. The summed E-state index contributed by atoms with van der Waals surface area (Å²) in [7, 11) is 0. The summed E-state index contributed by atoms with van der Waals surface area (Å²) in [6.45, 7) is 7.93. The second kappa shape index (κ2) is 5.71. The molecule has 0 aliphatic carbocycles. The van der Waals surface area contributed by atoms with Crippen molar-refractivity contribution in [3.63, 3.8) is 0 Å². The minimum atomic E-state index is -0.459. The number of aliphatic hydroxyl groups excluding tert-OH is 1. The molecule has 1 rings (SSSR count). The normalized spacial score (nSPS) is 12.5. The summed E-state index contributed by atoms with van der Waals surface area (Å²) in [5, 5.41) is 9.65. The van der Waals surface area contributed by atoms with E-state index < -0.39 is 6.10 Å². The lowest BCUT2D eigenvalue weighted by molar-refractivity contribution is 0.199. The summed E-state index contributed by atoms with van der Waals surface area (Å²) in [5.74, 6) is 0.914. The SMILES string of the molecule is CCCN(CC)c1ncccc1[C@@H](C)O. The molecular formula is C12H20N2O. The molecule has 1 N–H and O–H groups in total. The first-order valence-electron chi connectivity index (χ1n) is 5.58. The van der Waals surface area contributed by atoms with Crippen molar-refractivity contribution in [2.24, 2.45) is 0 Å². The van der Waals surface area contributed by atoms with Crippen LogP contribution in [0.2, 0.25) is 0 Å². The van der Waals surface area contributed by atoms with E-state index in [0.29, 0.717) is 0 Å². The van der Waals surface area contributed by atoms with Gasteiger partial charge in [-0.1, -0.05) is 13.0 Å². The predicted octanol–water partition coefficient (Wildman–Crippen LogP) is 2.37. The topological polar surface area (TPSA) is 36.4 Å². The van der Waals surface area contributed by atoms with E-state index in [1.807, 2.05) is 12.1 Å². The van der Waals surface area contributed by atoms with E-state index in [2.05, 4.69) is 23.7 Å². The molecule has 0 saturated heterocycles. The second-order valence-corrected chi connectivity index (χ2v) is 3.67. The Hall–Kier alpha value is -1.09. The number of aliphatic hydroxyl groups is 1. The third-order valence-corrected chi connectivity index (χ3v) is 2.44. The van der Waals surface area contributed by atoms with Gasteiger partial charge in [0.05, 0.1) is 6.10 Å². The van der Waals surface area contributed by atoms with E-state index in [9.17, 15) is 5.11 Å². The Morgan fingerprint density at radius 2 is 2.20 bits per heavy atom. The van der Waals surface area contributed by atoms with Crippen molar-refractivity contribution in [2.75, 3.05) is 18.0 Å². The molecule has 0 aliphatic rings. The van der Waals surface area contributed by atoms with Gasteiger partial charge in [-0.15, -0.1) is 0 Å². The Morgan fingerprint density at radius 3 is 2.73 bits per heavy atom. The fraction of sp³-hybridized carbons (Fsp3) is 0.583. The fourth-order valence-corrected chi connectivity index (χ4v) is 1.68. The zero-order valence-electron chi connectivity index (χ0n) is 9.77. The zero-order chi connectivity index (χ0) is 11.3. The maximum absolute atomic E-state index is 9.65. The molecule has 1 heterocycles. The van der Waals surface area contributed by atoms with Gasteiger partial charge in [-0.2, -0.15) is 0 Å². The first kappa shape index (κ1) is 12.0. The molecule has 0 spiro atoms. The van der Waals surface area contributed by atoms with Gasteiger partial charge in [0.25, 0.3) is 0 Å². The maximum atomic E-state index is 9.65. The van der Waals surface area contributed by atoms with Crippen LogP contribution in [0.3, 0.4) is 0 Å². The van der Waals surface area contributed by atoms with Crippen LogP contribution < -0.4 is 4.90 Å². The molecule has 1 atom stereocenters. The van der Waals surface area contributed by atoms with E-state index in [4.69, 9.17) is 0 Å². The van der Waals surface area contributed by atoms with Gasteiger partial charge in [0.2, 0.25) is 0 Å². The molecule has 15 heavy (non-hydrogen) atoms. The van der Waals surface area contributed by atoms with Crippen molar-refractivity contribution in [1.82, 2.24) is 4.98 Å². The average Bonchev–Trinajstić information content (AvgIpc) is 2.26. The van der Waals surface area contributed by atoms with E-state index in [1.165, 1.54) is 0 Å². The Labute approximate surface area is 91.8 Å². The van der Waals surface area contributed by atoms with Crippen LogP contribution in [0.25, 0.3) is 0 Å². The molecule has 0 bridgehead atoms. The molecule has 0 radical (unpaired) electrons. The molecule has 1 aromatic rings. The van der Waals surface area contributed by atoms with Crippen LogP contribution in [0.4, 0.5) is 5.82 Å². The number of nitrogens with zero attached hydrogens (tertiary/aromatic N) is 2. The van der Waals surface area contributed by atoms with Gasteiger partial charge < -0.3 is 10.0 Å². The highest BCUT2D eigenvalue weighted by Gasteiger charge is 2.13. The van der Waals surface area contributed by atoms with Gasteiger partial charge in [-0.25, -0.2) is 4.98 Å². The number of hydrogen-bond donors (Lipinski definition) is 1.